The second-order valence-corrected chi connectivity index (χ2v) is 4.41. The van der Waals surface area contributed by atoms with Crippen molar-refractivity contribution in [1.82, 2.24) is 9.55 Å². The third kappa shape index (κ3) is 3.44. The maximum atomic E-state index is 5.91. The molecule has 0 aromatic carbocycles. The van der Waals surface area contributed by atoms with Gasteiger partial charge in [0.1, 0.15) is 0 Å². The smallest absolute Gasteiger partial charge is 0.175 e. The van der Waals surface area contributed by atoms with E-state index in [0.717, 1.165) is 24.4 Å². The molecule has 1 aromatic rings. The Labute approximate surface area is 103 Å². The van der Waals surface area contributed by atoms with Crippen molar-refractivity contribution >= 4 is 5.84 Å². The van der Waals surface area contributed by atoms with Gasteiger partial charge in [0.15, 0.2) is 11.7 Å². The molecule has 1 rings (SSSR count). The number of amidine groups is 1. The van der Waals surface area contributed by atoms with Crippen molar-refractivity contribution in [2.24, 2.45) is 17.8 Å². The van der Waals surface area contributed by atoms with Crippen LogP contribution in [-0.2, 0) is 7.05 Å². The molecule has 0 aliphatic carbocycles. The normalized spacial score (nSPS) is 12.9. The molecule has 0 spiro atoms. The highest BCUT2D eigenvalue weighted by Gasteiger charge is 2.11. The number of imidazole rings is 1. The van der Waals surface area contributed by atoms with Crippen LogP contribution < -0.4 is 5.73 Å². The highest BCUT2D eigenvalue weighted by atomic mass is 15.1. The van der Waals surface area contributed by atoms with Gasteiger partial charge in [-0.2, -0.15) is 0 Å². The van der Waals surface area contributed by atoms with Gasteiger partial charge >= 0.3 is 0 Å². The van der Waals surface area contributed by atoms with E-state index >= 15 is 0 Å². The van der Waals surface area contributed by atoms with E-state index < -0.39 is 0 Å². The Morgan fingerprint density at radius 3 is 2.82 bits per heavy atom. The standard InChI is InChI=1S/C13H22N4/c1-5-6-7-8-15-12(14)13-16-9-11(10(2)3)17(13)4/h7-10H,5-6H2,1-4H3,(H2,14,15)/b8-7+. The zero-order chi connectivity index (χ0) is 12.8. The molecule has 0 radical (unpaired) electrons. The zero-order valence-corrected chi connectivity index (χ0v) is 11.1. The number of nitrogens with zero attached hydrogens (tertiary/aromatic N) is 3. The lowest BCUT2D eigenvalue weighted by atomic mass is 10.1. The number of nitrogens with two attached hydrogens (primary N) is 1. The maximum Gasteiger partial charge on any atom is 0.175 e. The van der Waals surface area contributed by atoms with Gasteiger partial charge in [0, 0.05) is 25.1 Å². The number of allylic oxidation sites excluding steroid dienone is 1. The van der Waals surface area contributed by atoms with Crippen molar-refractivity contribution in [3.63, 3.8) is 0 Å². The van der Waals surface area contributed by atoms with Crippen LogP contribution in [0.2, 0.25) is 0 Å². The lowest BCUT2D eigenvalue weighted by molar-refractivity contribution is 0.735. The molecule has 94 valence electrons. The van der Waals surface area contributed by atoms with Crippen molar-refractivity contribution in [2.75, 3.05) is 0 Å². The Morgan fingerprint density at radius 2 is 2.29 bits per heavy atom. The van der Waals surface area contributed by atoms with Crippen molar-refractivity contribution < 1.29 is 0 Å². The molecule has 1 aromatic heterocycles. The van der Waals surface area contributed by atoms with Crippen molar-refractivity contribution in [2.45, 2.75) is 39.5 Å². The minimum Gasteiger partial charge on any atom is -0.381 e. The van der Waals surface area contributed by atoms with E-state index in [2.05, 4.69) is 30.7 Å². The molecule has 0 amide bonds. The molecule has 0 saturated carbocycles. The monoisotopic (exact) mass is 234 g/mol. The maximum absolute atomic E-state index is 5.91. The van der Waals surface area contributed by atoms with E-state index in [0.29, 0.717) is 11.8 Å². The van der Waals surface area contributed by atoms with Gasteiger partial charge < -0.3 is 10.3 Å². The van der Waals surface area contributed by atoms with Crippen molar-refractivity contribution in [3.8, 4) is 0 Å². The van der Waals surface area contributed by atoms with Crippen LogP contribution in [0.15, 0.2) is 23.5 Å². The van der Waals surface area contributed by atoms with E-state index in [4.69, 9.17) is 5.73 Å². The van der Waals surface area contributed by atoms with E-state index in [-0.39, 0.29) is 0 Å². The molecule has 4 heteroatoms. The Hall–Kier alpha value is -1.58. The van der Waals surface area contributed by atoms with Gasteiger partial charge in [0.05, 0.1) is 0 Å². The number of aliphatic imine (C=N–C) groups is 1. The molecule has 0 atom stereocenters. The first-order chi connectivity index (χ1) is 8.07. The largest absolute Gasteiger partial charge is 0.381 e. The molecule has 0 aliphatic rings. The van der Waals surface area contributed by atoms with Crippen LogP contribution in [0.1, 0.15) is 51.0 Å². The van der Waals surface area contributed by atoms with Crippen LogP contribution in [-0.4, -0.2) is 15.4 Å². The first kappa shape index (κ1) is 13.5. The average Bonchev–Trinajstić information content (AvgIpc) is 2.66. The Kier molecular flexibility index (Phi) is 4.94. The lowest BCUT2D eigenvalue weighted by Crippen LogP contribution is -2.19. The number of unbranched alkanes of at least 4 members (excludes halogenated alkanes) is 1. The van der Waals surface area contributed by atoms with Crippen LogP contribution >= 0.6 is 0 Å². The van der Waals surface area contributed by atoms with Crippen LogP contribution in [0.25, 0.3) is 0 Å². The van der Waals surface area contributed by atoms with Gasteiger partial charge in [0.25, 0.3) is 0 Å². The summed E-state index contributed by atoms with van der Waals surface area (Å²) in [5.74, 6) is 1.63. The van der Waals surface area contributed by atoms with Crippen LogP contribution in [0.5, 0.6) is 0 Å². The fourth-order valence-corrected chi connectivity index (χ4v) is 1.63. The fourth-order valence-electron chi connectivity index (χ4n) is 1.63. The van der Waals surface area contributed by atoms with Gasteiger partial charge in [0.2, 0.25) is 0 Å². The Bertz CT molecular complexity index is 413. The van der Waals surface area contributed by atoms with E-state index in [1.54, 1.807) is 6.20 Å². The summed E-state index contributed by atoms with van der Waals surface area (Å²) in [6.45, 7) is 6.40. The minimum atomic E-state index is 0.435. The molecule has 0 saturated heterocycles. The van der Waals surface area contributed by atoms with Crippen molar-refractivity contribution in [3.05, 3.63) is 30.0 Å². The first-order valence-corrected chi connectivity index (χ1v) is 6.08. The summed E-state index contributed by atoms with van der Waals surface area (Å²) in [7, 11) is 1.97. The predicted octanol–water partition coefficient (Wildman–Crippen LogP) is 2.56. The molecular weight excluding hydrogens is 212 g/mol. The molecule has 0 unspecified atom stereocenters. The highest BCUT2D eigenvalue weighted by Crippen LogP contribution is 2.14. The summed E-state index contributed by atoms with van der Waals surface area (Å²) in [6.07, 6.45) is 7.76. The van der Waals surface area contributed by atoms with E-state index in [1.807, 2.05) is 23.9 Å². The fraction of sp³-hybridized carbons (Fsp3) is 0.538. The molecule has 17 heavy (non-hydrogen) atoms. The molecule has 1 heterocycles. The van der Waals surface area contributed by atoms with E-state index in [9.17, 15) is 0 Å². The number of hydrogen-bond acceptors (Lipinski definition) is 2. The molecule has 0 fully saturated rings. The Balaban J connectivity index is 2.86. The minimum absolute atomic E-state index is 0.435. The lowest BCUT2D eigenvalue weighted by Gasteiger charge is -2.07. The summed E-state index contributed by atoms with van der Waals surface area (Å²) in [6, 6.07) is 0. The molecule has 0 aliphatic heterocycles. The average molecular weight is 234 g/mol. The number of aromatic nitrogens is 2. The summed E-state index contributed by atoms with van der Waals surface area (Å²) in [4.78, 5) is 8.51. The second-order valence-electron chi connectivity index (χ2n) is 4.41. The molecule has 2 N–H and O–H groups in total. The molecular formula is C13H22N4. The van der Waals surface area contributed by atoms with Crippen LogP contribution in [0, 0.1) is 0 Å². The summed E-state index contributed by atoms with van der Waals surface area (Å²) in [5, 5.41) is 0. The summed E-state index contributed by atoms with van der Waals surface area (Å²) < 4.78 is 2.00. The number of hydrogen-bond donors (Lipinski definition) is 1. The Morgan fingerprint density at radius 1 is 1.59 bits per heavy atom. The zero-order valence-electron chi connectivity index (χ0n) is 11.1. The second kappa shape index (κ2) is 6.23. The highest BCUT2D eigenvalue weighted by molar-refractivity contribution is 5.94. The SMILES string of the molecule is CCC/C=C/N=C(N)c1ncc(C(C)C)n1C. The molecule has 4 nitrogen and oxygen atoms in total. The summed E-state index contributed by atoms with van der Waals surface area (Å²) in [5.41, 5.74) is 7.07. The van der Waals surface area contributed by atoms with Crippen molar-refractivity contribution in [1.29, 1.82) is 0 Å². The summed E-state index contributed by atoms with van der Waals surface area (Å²) >= 11 is 0. The van der Waals surface area contributed by atoms with Gasteiger partial charge in [-0.05, 0) is 12.3 Å². The first-order valence-electron chi connectivity index (χ1n) is 6.08. The predicted molar refractivity (Wildman–Crippen MR) is 72.1 cm³/mol. The molecule has 0 bridgehead atoms. The third-order valence-electron chi connectivity index (χ3n) is 2.62. The van der Waals surface area contributed by atoms with Gasteiger partial charge in [-0.1, -0.05) is 33.3 Å². The third-order valence-corrected chi connectivity index (χ3v) is 2.62. The van der Waals surface area contributed by atoms with Gasteiger partial charge in [-0.15, -0.1) is 0 Å². The van der Waals surface area contributed by atoms with Crippen LogP contribution in [0.3, 0.4) is 0 Å². The van der Waals surface area contributed by atoms with Gasteiger partial charge in [-0.25, -0.2) is 9.98 Å². The number of rotatable bonds is 5. The quantitative estimate of drug-likeness (QED) is 0.629. The topological polar surface area (TPSA) is 56.2 Å². The van der Waals surface area contributed by atoms with Crippen LogP contribution in [0.4, 0.5) is 0 Å². The van der Waals surface area contributed by atoms with Gasteiger partial charge in [-0.3, -0.25) is 0 Å². The van der Waals surface area contributed by atoms with E-state index in [1.165, 1.54) is 0 Å².